The van der Waals surface area contributed by atoms with Crippen molar-refractivity contribution in [3.8, 4) is 6.07 Å². The number of hydrogen-bond acceptors (Lipinski definition) is 3. The average Bonchev–Trinajstić information content (AvgIpc) is 2.86. The lowest BCUT2D eigenvalue weighted by molar-refractivity contribution is -0.140. The number of imide groups is 1. The number of hydrogen-bond donors (Lipinski definition) is 1. The lowest BCUT2D eigenvalue weighted by Gasteiger charge is -2.25. The Morgan fingerprint density at radius 1 is 1.11 bits per heavy atom. The van der Waals surface area contributed by atoms with Crippen LogP contribution in [-0.4, -0.2) is 16.8 Å². The molecule has 1 N–H and O–H groups in total. The van der Waals surface area contributed by atoms with Gasteiger partial charge < -0.3 is 5.32 Å². The van der Waals surface area contributed by atoms with Crippen LogP contribution in [0, 0.1) is 11.3 Å². The maximum atomic E-state index is 13.3. The number of nitrogens with one attached hydrogen (secondary N) is 1. The summed E-state index contributed by atoms with van der Waals surface area (Å²) < 4.78 is 40.0. The molecule has 0 aliphatic carbocycles. The van der Waals surface area contributed by atoms with Crippen molar-refractivity contribution in [2.45, 2.75) is 25.2 Å². The van der Waals surface area contributed by atoms with Gasteiger partial charge in [-0.1, -0.05) is 30.3 Å². The zero-order chi connectivity index (χ0) is 19.8. The number of nitriles is 1. The van der Waals surface area contributed by atoms with Gasteiger partial charge in [-0.25, -0.2) is 4.79 Å². The SMILES string of the molecule is C[C@]1(c2ccccc2C(F)(F)F)NC(=O)N(Cc2ccc(C#N)cc2)C1=O. The van der Waals surface area contributed by atoms with Gasteiger partial charge in [0.05, 0.1) is 23.7 Å². The number of alkyl halides is 3. The first kappa shape index (κ1) is 18.5. The zero-order valence-electron chi connectivity index (χ0n) is 14.2. The summed E-state index contributed by atoms with van der Waals surface area (Å²) in [7, 11) is 0. The second-order valence-corrected chi connectivity index (χ2v) is 6.30. The molecule has 8 heteroatoms. The van der Waals surface area contributed by atoms with E-state index in [0.29, 0.717) is 11.1 Å². The van der Waals surface area contributed by atoms with Crippen molar-refractivity contribution in [2.24, 2.45) is 0 Å². The van der Waals surface area contributed by atoms with Crippen LogP contribution in [0.15, 0.2) is 48.5 Å². The quantitative estimate of drug-likeness (QED) is 0.837. The number of amides is 3. The minimum absolute atomic E-state index is 0.111. The summed E-state index contributed by atoms with van der Waals surface area (Å²) in [6.07, 6.45) is -4.66. The second-order valence-electron chi connectivity index (χ2n) is 6.30. The van der Waals surface area contributed by atoms with Crippen LogP contribution in [0.4, 0.5) is 18.0 Å². The van der Waals surface area contributed by atoms with Crippen LogP contribution in [0.2, 0.25) is 0 Å². The normalized spacial score (nSPS) is 19.7. The molecule has 0 bridgehead atoms. The van der Waals surface area contributed by atoms with E-state index in [1.54, 1.807) is 12.1 Å². The van der Waals surface area contributed by atoms with Crippen LogP contribution in [0.5, 0.6) is 0 Å². The van der Waals surface area contributed by atoms with Gasteiger partial charge in [0.2, 0.25) is 0 Å². The number of carbonyl (C=O) groups excluding carboxylic acids is 2. The van der Waals surface area contributed by atoms with Crippen LogP contribution in [0.3, 0.4) is 0 Å². The third-order valence-corrected chi connectivity index (χ3v) is 4.47. The van der Waals surface area contributed by atoms with E-state index in [9.17, 15) is 22.8 Å². The molecule has 1 atom stereocenters. The van der Waals surface area contributed by atoms with Gasteiger partial charge >= 0.3 is 12.2 Å². The first-order valence-electron chi connectivity index (χ1n) is 7.96. The largest absolute Gasteiger partial charge is 0.416 e. The van der Waals surface area contributed by atoms with Crippen LogP contribution in [0.1, 0.15) is 29.2 Å². The van der Waals surface area contributed by atoms with Gasteiger partial charge in [0.25, 0.3) is 5.91 Å². The summed E-state index contributed by atoms with van der Waals surface area (Å²) in [4.78, 5) is 26.1. The van der Waals surface area contributed by atoms with Crippen molar-refractivity contribution in [3.05, 3.63) is 70.8 Å². The molecular formula is C19H14F3N3O2. The van der Waals surface area contributed by atoms with E-state index >= 15 is 0 Å². The lowest BCUT2D eigenvalue weighted by atomic mass is 9.87. The molecule has 0 unspecified atom stereocenters. The van der Waals surface area contributed by atoms with E-state index in [0.717, 1.165) is 11.0 Å². The van der Waals surface area contributed by atoms with E-state index in [-0.39, 0.29) is 12.1 Å². The van der Waals surface area contributed by atoms with Crippen molar-refractivity contribution in [1.29, 1.82) is 5.26 Å². The Kier molecular flexibility index (Phi) is 4.39. The average molecular weight is 373 g/mol. The third-order valence-electron chi connectivity index (χ3n) is 4.47. The maximum absolute atomic E-state index is 13.3. The molecule has 1 aliphatic heterocycles. The molecule has 1 aliphatic rings. The maximum Gasteiger partial charge on any atom is 0.416 e. The predicted octanol–water partition coefficient (Wildman–Crippen LogP) is 3.54. The smallest absolute Gasteiger partial charge is 0.319 e. The van der Waals surface area contributed by atoms with E-state index in [4.69, 9.17) is 5.26 Å². The fraction of sp³-hybridized carbons (Fsp3) is 0.211. The van der Waals surface area contributed by atoms with Crippen molar-refractivity contribution < 1.29 is 22.8 Å². The molecule has 1 saturated heterocycles. The van der Waals surface area contributed by atoms with Crippen LogP contribution < -0.4 is 5.32 Å². The van der Waals surface area contributed by atoms with Gasteiger partial charge in [-0.2, -0.15) is 18.4 Å². The van der Waals surface area contributed by atoms with Gasteiger partial charge in [0.1, 0.15) is 5.54 Å². The van der Waals surface area contributed by atoms with Crippen LogP contribution in [-0.2, 0) is 23.1 Å². The van der Waals surface area contributed by atoms with Gasteiger partial charge in [0.15, 0.2) is 0 Å². The summed E-state index contributed by atoms with van der Waals surface area (Å²) in [5.74, 6) is -0.770. The summed E-state index contributed by atoms with van der Waals surface area (Å²) in [6.45, 7) is 1.15. The number of urea groups is 1. The van der Waals surface area contributed by atoms with Gasteiger partial charge in [0, 0.05) is 0 Å². The molecule has 2 aromatic carbocycles. The van der Waals surface area contributed by atoms with Crippen molar-refractivity contribution in [3.63, 3.8) is 0 Å². The molecule has 0 spiro atoms. The molecule has 0 saturated carbocycles. The molecule has 3 amide bonds. The molecule has 5 nitrogen and oxygen atoms in total. The van der Waals surface area contributed by atoms with Crippen LogP contribution in [0.25, 0.3) is 0 Å². The molecule has 1 fully saturated rings. The highest BCUT2D eigenvalue weighted by molar-refractivity contribution is 6.07. The molecule has 0 radical (unpaired) electrons. The molecule has 1 heterocycles. The number of benzene rings is 2. The third kappa shape index (κ3) is 3.24. The monoisotopic (exact) mass is 373 g/mol. The van der Waals surface area contributed by atoms with Gasteiger partial charge in [-0.05, 0) is 36.2 Å². The van der Waals surface area contributed by atoms with Crippen molar-refractivity contribution >= 4 is 11.9 Å². The van der Waals surface area contributed by atoms with E-state index < -0.39 is 29.2 Å². The topological polar surface area (TPSA) is 73.2 Å². The minimum Gasteiger partial charge on any atom is -0.319 e. The summed E-state index contributed by atoms with van der Waals surface area (Å²) >= 11 is 0. The van der Waals surface area contributed by atoms with Crippen molar-refractivity contribution in [1.82, 2.24) is 10.2 Å². The highest BCUT2D eigenvalue weighted by Crippen LogP contribution is 2.39. The van der Waals surface area contributed by atoms with E-state index in [2.05, 4.69) is 5.32 Å². The summed E-state index contributed by atoms with van der Waals surface area (Å²) in [5, 5.41) is 11.2. The number of halogens is 3. The van der Waals surface area contributed by atoms with Gasteiger partial charge in [-0.15, -0.1) is 0 Å². The van der Waals surface area contributed by atoms with E-state index in [1.807, 2.05) is 6.07 Å². The van der Waals surface area contributed by atoms with Crippen LogP contribution >= 0.6 is 0 Å². The molecule has 3 rings (SSSR count). The highest BCUT2D eigenvalue weighted by Gasteiger charge is 2.52. The fourth-order valence-corrected chi connectivity index (χ4v) is 3.06. The highest BCUT2D eigenvalue weighted by atomic mass is 19.4. The Bertz CT molecular complexity index is 948. The standard InChI is InChI=1S/C19H14F3N3O2/c1-18(14-4-2-3-5-15(14)19(20,21)22)16(26)25(17(27)24-18)11-13-8-6-12(10-23)7-9-13/h2-9H,11H2,1H3,(H,24,27)/t18-/m1/s1. The molecular weight excluding hydrogens is 359 g/mol. The number of nitrogens with zero attached hydrogens (tertiary/aromatic N) is 2. The Morgan fingerprint density at radius 2 is 1.74 bits per heavy atom. The molecule has 27 heavy (non-hydrogen) atoms. The van der Waals surface area contributed by atoms with Gasteiger partial charge in [-0.3, -0.25) is 9.69 Å². The minimum atomic E-state index is -4.66. The van der Waals surface area contributed by atoms with Crippen molar-refractivity contribution in [2.75, 3.05) is 0 Å². The first-order chi connectivity index (χ1) is 12.7. The molecule has 0 aromatic heterocycles. The fourth-order valence-electron chi connectivity index (χ4n) is 3.06. The zero-order valence-corrected chi connectivity index (χ0v) is 14.2. The predicted molar refractivity (Wildman–Crippen MR) is 89.0 cm³/mol. The Balaban J connectivity index is 1.95. The first-order valence-corrected chi connectivity index (χ1v) is 7.96. The Morgan fingerprint density at radius 3 is 2.33 bits per heavy atom. The summed E-state index contributed by atoms with van der Waals surface area (Å²) in [5.41, 5.74) is -2.11. The van der Waals surface area contributed by atoms with E-state index in [1.165, 1.54) is 37.3 Å². The Labute approximate surface area is 153 Å². The lowest BCUT2D eigenvalue weighted by Crippen LogP contribution is -2.42. The number of rotatable bonds is 3. The molecule has 138 valence electrons. The molecule has 2 aromatic rings. The Hall–Kier alpha value is -3.34. The number of carbonyl (C=O) groups is 2. The second kappa shape index (κ2) is 6.43. The summed E-state index contributed by atoms with van der Waals surface area (Å²) in [6, 6.07) is 12.1.